The highest BCUT2D eigenvalue weighted by atomic mass is 16.5. The van der Waals surface area contributed by atoms with E-state index in [1.807, 2.05) is 13.8 Å². The van der Waals surface area contributed by atoms with Gasteiger partial charge in [-0.15, -0.1) is 0 Å². The van der Waals surface area contributed by atoms with Crippen LogP contribution in [0.25, 0.3) is 0 Å². The van der Waals surface area contributed by atoms with Crippen molar-refractivity contribution < 1.29 is 14.6 Å². The smallest absolute Gasteiger partial charge is 0.251 e. The zero-order valence-corrected chi connectivity index (χ0v) is 12.1. The molecule has 0 saturated heterocycles. The number of carbonyl (C=O) groups excluding carboxylic acids is 1. The largest absolute Gasteiger partial charge is 0.497 e. The van der Waals surface area contributed by atoms with Crippen molar-refractivity contribution in [3.63, 3.8) is 0 Å². The van der Waals surface area contributed by atoms with Crippen molar-refractivity contribution in [2.24, 2.45) is 5.92 Å². The fourth-order valence-corrected chi connectivity index (χ4v) is 1.72. The van der Waals surface area contributed by atoms with Crippen LogP contribution in [0, 0.1) is 5.92 Å². The molecule has 0 saturated carbocycles. The summed E-state index contributed by atoms with van der Waals surface area (Å²) in [5, 5.41) is 13.0. The SMILES string of the molecule is CCC(C)C(C)(O)CNC(=O)c1ccc(OC)cc1. The minimum Gasteiger partial charge on any atom is -0.497 e. The van der Waals surface area contributed by atoms with Crippen molar-refractivity contribution >= 4 is 5.91 Å². The molecule has 1 aromatic rings. The summed E-state index contributed by atoms with van der Waals surface area (Å²) in [5.74, 6) is 0.651. The molecule has 4 nitrogen and oxygen atoms in total. The number of carbonyl (C=O) groups is 1. The van der Waals surface area contributed by atoms with Gasteiger partial charge in [0.2, 0.25) is 0 Å². The van der Waals surface area contributed by atoms with Crippen LogP contribution in [0.2, 0.25) is 0 Å². The molecule has 2 atom stereocenters. The monoisotopic (exact) mass is 265 g/mol. The van der Waals surface area contributed by atoms with Gasteiger partial charge in [-0.1, -0.05) is 20.3 Å². The summed E-state index contributed by atoms with van der Waals surface area (Å²) in [6.45, 7) is 5.98. The third-order valence-electron chi connectivity index (χ3n) is 3.63. The summed E-state index contributed by atoms with van der Waals surface area (Å²) in [6, 6.07) is 6.88. The van der Waals surface area contributed by atoms with Gasteiger partial charge in [-0.3, -0.25) is 4.79 Å². The van der Waals surface area contributed by atoms with Gasteiger partial charge >= 0.3 is 0 Å². The lowest BCUT2D eigenvalue weighted by Gasteiger charge is -2.29. The summed E-state index contributed by atoms with van der Waals surface area (Å²) >= 11 is 0. The standard InChI is InChI=1S/C15H23NO3/c1-5-11(2)15(3,18)10-16-14(17)12-6-8-13(19-4)9-7-12/h6-9,11,18H,5,10H2,1-4H3,(H,16,17). The molecule has 0 spiro atoms. The maximum Gasteiger partial charge on any atom is 0.251 e. The van der Waals surface area contributed by atoms with E-state index in [-0.39, 0.29) is 18.4 Å². The first-order valence-electron chi connectivity index (χ1n) is 6.55. The Kier molecular flexibility index (Phi) is 5.36. The van der Waals surface area contributed by atoms with Crippen molar-refractivity contribution in [1.82, 2.24) is 5.32 Å². The number of nitrogens with one attached hydrogen (secondary N) is 1. The molecule has 0 heterocycles. The molecule has 0 aliphatic rings. The molecular formula is C15H23NO3. The lowest BCUT2D eigenvalue weighted by Crippen LogP contribution is -2.45. The first-order valence-corrected chi connectivity index (χ1v) is 6.55. The highest BCUT2D eigenvalue weighted by Gasteiger charge is 2.27. The summed E-state index contributed by atoms with van der Waals surface area (Å²) in [5.41, 5.74) is -0.336. The molecule has 0 aromatic heterocycles. The van der Waals surface area contributed by atoms with Crippen LogP contribution in [0.15, 0.2) is 24.3 Å². The van der Waals surface area contributed by atoms with E-state index in [1.54, 1.807) is 38.3 Å². The van der Waals surface area contributed by atoms with Gasteiger partial charge in [0, 0.05) is 12.1 Å². The van der Waals surface area contributed by atoms with Crippen molar-refractivity contribution in [2.75, 3.05) is 13.7 Å². The molecule has 1 rings (SSSR count). The summed E-state index contributed by atoms with van der Waals surface area (Å²) in [7, 11) is 1.58. The van der Waals surface area contributed by atoms with E-state index in [0.717, 1.165) is 6.42 Å². The Morgan fingerprint density at radius 1 is 1.42 bits per heavy atom. The van der Waals surface area contributed by atoms with E-state index in [4.69, 9.17) is 4.74 Å². The quantitative estimate of drug-likeness (QED) is 0.829. The van der Waals surface area contributed by atoms with Crippen LogP contribution in [0.5, 0.6) is 5.75 Å². The molecule has 2 unspecified atom stereocenters. The Bertz CT molecular complexity index is 412. The first kappa shape index (κ1) is 15.5. The minimum absolute atomic E-state index is 0.128. The van der Waals surface area contributed by atoms with Gasteiger partial charge in [0.15, 0.2) is 0 Å². The molecular weight excluding hydrogens is 242 g/mol. The normalized spacial score (nSPS) is 15.4. The van der Waals surface area contributed by atoms with Crippen LogP contribution in [0.4, 0.5) is 0 Å². The number of amides is 1. The third kappa shape index (κ3) is 4.24. The second kappa shape index (κ2) is 6.57. The molecule has 19 heavy (non-hydrogen) atoms. The zero-order valence-electron chi connectivity index (χ0n) is 12.1. The molecule has 2 N–H and O–H groups in total. The molecule has 106 valence electrons. The Morgan fingerprint density at radius 3 is 2.47 bits per heavy atom. The third-order valence-corrected chi connectivity index (χ3v) is 3.63. The number of hydrogen-bond acceptors (Lipinski definition) is 3. The maximum atomic E-state index is 11.9. The van der Waals surface area contributed by atoms with E-state index >= 15 is 0 Å². The number of benzene rings is 1. The number of ether oxygens (including phenoxy) is 1. The minimum atomic E-state index is -0.892. The molecule has 4 heteroatoms. The van der Waals surface area contributed by atoms with Gasteiger partial charge in [0.1, 0.15) is 5.75 Å². The summed E-state index contributed by atoms with van der Waals surface area (Å²) in [6.07, 6.45) is 0.866. The highest BCUT2D eigenvalue weighted by molar-refractivity contribution is 5.94. The number of hydrogen-bond donors (Lipinski definition) is 2. The van der Waals surface area contributed by atoms with Gasteiger partial charge in [-0.2, -0.15) is 0 Å². The maximum absolute atomic E-state index is 11.9. The molecule has 0 radical (unpaired) electrons. The topological polar surface area (TPSA) is 58.6 Å². The van der Waals surface area contributed by atoms with Gasteiger partial charge < -0.3 is 15.2 Å². The molecule has 0 bridgehead atoms. The van der Waals surface area contributed by atoms with Crippen molar-refractivity contribution in [1.29, 1.82) is 0 Å². The average Bonchev–Trinajstić information content (AvgIpc) is 2.43. The van der Waals surface area contributed by atoms with Gasteiger partial charge in [-0.05, 0) is 37.1 Å². The zero-order chi connectivity index (χ0) is 14.5. The Labute approximate surface area is 114 Å². The number of methoxy groups -OCH3 is 1. The summed E-state index contributed by atoms with van der Waals surface area (Å²) in [4.78, 5) is 11.9. The fourth-order valence-electron chi connectivity index (χ4n) is 1.72. The number of aliphatic hydroxyl groups is 1. The molecule has 0 aliphatic carbocycles. The van der Waals surface area contributed by atoms with E-state index < -0.39 is 5.60 Å². The van der Waals surface area contributed by atoms with Crippen LogP contribution in [-0.2, 0) is 0 Å². The van der Waals surface area contributed by atoms with Crippen LogP contribution < -0.4 is 10.1 Å². The Morgan fingerprint density at radius 2 is 2.00 bits per heavy atom. The predicted octanol–water partition coefficient (Wildman–Crippen LogP) is 2.22. The average molecular weight is 265 g/mol. The second-order valence-corrected chi connectivity index (χ2v) is 5.08. The Hall–Kier alpha value is -1.55. The van der Waals surface area contributed by atoms with Crippen LogP contribution in [0.3, 0.4) is 0 Å². The van der Waals surface area contributed by atoms with Crippen molar-refractivity contribution in [2.45, 2.75) is 32.8 Å². The molecule has 0 aliphatic heterocycles. The van der Waals surface area contributed by atoms with E-state index in [1.165, 1.54) is 0 Å². The molecule has 0 fully saturated rings. The van der Waals surface area contributed by atoms with E-state index in [0.29, 0.717) is 11.3 Å². The lowest BCUT2D eigenvalue weighted by atomic mass is 9.88. The van der Waals surface area contributed by atoms with Crippen molar-refractivity contribution in [3.05, 3.63) is 29.8 Å². The van der Waals surface area contributed by atoms with E-state index in [9.17, 15) is 9.90 Å². The van der Waals surface area contributed by atoms with E-state index in [2.05, 4.69) is 5.32 Å². The Balaban J connectivity index is 2.59. The predicted molar refractivity (Wildman–Crippen MR) is 75.4 cm³/mol. The van der Waals surface area contributed by atoms with Crippen LogP contribution in [-0.4, -0.2) is 30.3 Å². The van der Waals surface area contributed by atoms with Crippen LogP contribution >= 0.6 is 0 Å². The van der Waals surface area contributed by atoms with Crippen LogP contribution in [0.1, 0.15) is 37.6 Å². The summed E-state index contributed by atoms with van der Waals surface area (Å²) < 4.78 is 5.04. The van der Waals surface area contributed by atoms with Gasteiger partial charge in [-0.25, -0.2) is 0 Å². The highest BCUT2D eigenvalue weighted by Crippen LogP contribution is 2.19. The van der Waals surface area contributed by atoms with Gasteiger partial charge in [0.25, 0.3) is 5.91 Å². The first-order chi connectivity index (χ1) is 8.90. The number of rotatable bonds is 6. The second-order valence-electron chi connectivity index (χ2n) is 5.08. The fraction of sp³-hybridized carbons (Fsp3) is 0.533. The lowest BCUT2D eigenvalue weighted by molar-refractivity contribution is 0.00592. The molecule has 1 aromatic carbocycles. The van der Waals surface area contributed by atoms with Crippen molar-refractivity contribution in [3.8, 4) is 5.75 Å². The molecule has 1 amide bonds. The van der Waals surface area contributed by atoms with Gasteiger partial charge in [0.05, 0.1) is 12.7 Å².